The first-order valence-corrected chi connectivity index (χ1v) is 10.1. The van der Waals surface area contributed by atoms with Gasteiger partial charge in [-0.2, -0.15) is 0 Å². The summed E-state index contributed by atoms with van der Waals surface area (Å²) in [6.07, 6.45) is 0. The number of methoxy groups -OCH3 is 1. The molecular weight excluding hydrogens is 399 g/mol. The van der Waals surface area contributed by atoms with Gasteiger partial charge in [0.2, 0.25) is 0 Å². The Labute approximate surface area is 170 Å². The van der Waals surface area contributed by atoms with Crippen LogP contribution >= 0.6 is 23.1 Å². The molecule has 144 valence electrons. The molecule has 0 bridgehead atoms. The van der Waals surface area contributed by atoms with Crippen LogP contribution in [0.3, 0.4) is 0 Å². The summed E-state index contributed by atoms with van der Waals surface area (Å²) in [5.41, 5.74) is 1.87. The van der Waals surface area contributed by atoms with E-state index in [1.54, 1.807) is 48.7 Å². The first-order valence-electron chi connectivity index (χ1n) is 8.34. The lowest BCUT2D eigenvalue weighted by atomic mass is 10.2. The highest BCUT2D eigenvalue weighted by molar-refractivity contribution is 8.00. The van der Waals surface area contributed by atoms with Crippen molar-refractivity contribution in [2.45, 2.75) is 17.1 Å². The fraction of sp³-hybridized carbons (Fsp3) is 0.150. The highest BCUT2D eigenvalue weighted by Crippen LogP contribution is 2.29. The Balaban J connectivity index is 1.75. The standard InChI is InChI=1S/C20H17FN2O3S2/c1-12(19(25)26-2)28-17-6-4-3-5-15(17)18(24)23-20-22-16(11-27-20)13-7-9-14(21)10-8-13/h3-12H,1-2H3,(H,22,23,24). The molecule has 28 heavy (non-hydrogen) atoms. The largest absolute Gasteiger partial charge is 0.468 e. The number of esters is 1. The van der Waals surface area contributed by atoms with Crippen LogP contribution in [0.4, 0.5) is 9.52 Å². The van der Waals surface area contributed by atoms with Crippen molar-refractivity contribution in [1.29, 1.82) is 0 Å². The van der Waals surface area contributed by atoms with Gasteiger partial charge in [-0.1, -0.05) is 12.1 Å². The molecule has 1 aromatic heterocycles. The molecule has 8 heteroatoms. The van der Waals surface area contributed by atoms with Crippen molar-refractivity contribution >= 4 is 40.1 Å². The van der Waals surface area contributed by atoms with Gasteiger partial charge in [-0.3, -0.25) is 14.9 Å². The molecule has 0 aliphatic carbocycles. The lowest BCUT2D eigenvalue weighted by molar-refractivity contribution is -0.139. The third-order valence-corrected chi connectivity index (χ3v) is 5.75. The van der Waals surface area contributed by atoms with Gasteiger partial charge in [-0.25, -0.2) is 9.37 Å². The molecule has 1 heterocycles. The highest BCUT2D eigenvalue weighted by atomic mass is 32.2. The number of thioether (sulfide) groups is 1. The second-order valence-electron chi connectivity index (χ2n) is 5.78. The first kappa shape index (κ1) is 20.0. The number of rotatable bonds is 6. The predicted octanol–water partition coefficient (Wildman–Crippen LogP) is 4.86. The Morgan fingerprint density at radius 2 is 1.89 bits per heavy atom. The smallest absolute Gasteiger partial charge is 0.318 e. The van der Waals surface area contributed by atoms with E-state index in [2.05, 4.69) is 10.3 Å². The molecule has 2 aromatic carbocycles. The van der Waals surface area contributed by atoms with Crippen LogP contribution in [0.2, 0.25) is 0 Å². The average Bonchev–Trinajstić information content (AvgIpc) is 3.16. The van der Waals surface area contributed by atoms with Gasteiger partial charge in [0, 0.05) is 15.8 Å². The van der Waals surface area contributed by atoms with Gasteiger partial charge in [-0.05, 0) is 43.3 Å². The third-order valence-electron chi connectivity index (χ3n) is 3.83. The number of halogens is 1. The molecule has 1 unspecified atom stereocenters. The second kappa shape index (κ2) is 8.99. The monoisotopic (exact) mass is 416 g/mol. The van der Waals surface area contributed by atoms with Gasteiger partial charge in [-0.15, -0.1) is 23.1 Å². The Morgan fingerprint density at radius 3 is 2.61 bits per heavy atom. The van der Waals surface area contributed by atoms with Gasteiger partial charge in [0.1, 0.15) is 11.1 Å². The lowest BCUT2D eigenvalue weighted by Gasteiger charge is -2.12. The highest BCUT2D eigenvalue weighted by Gasteiger charge is 2.19. The summed E-state index contributed by atoms with van der Waals surface area (Å²) in [4.78, 5) is 29.5. The fourth-order valence-corrected chi connectivity index (χ4v) is 4.14. The molecule has 1 N–H and O–H groups in total. The van der Waals surface area contributed by atoms with Crippen LogP contribution in [-0.2, 0) is 9.53 Å². The molecule has 1 atom stereocenters. The zero-order valence-corrected chi connectivity index (χ0v) is 16.8. The van der Waals surface area contributed by atoms with Crippen molar-refractivity contribution in [3.05, 3.63) is 65.3 Å². The Hall–Kier alpha value is -2.71. The minimum Gasteiger partial charge on any atom is -0.468 e. The number of aromatic nitrogens is 1. The van der Waals surface area contributed by atoms with Gasteiger partial charge < -0.3 is 4.74 Å². The maximum atomic E-state index is 13.1. The fourth-order valence-electron chi connectivity index (χ4n) is 2.41. The number of hydrogen-bond donors (Lipinski definition) is 1. The normalized spacial score (nSPS) is 11.7. The molecule has 5 nitrogen and oxygen atoms in total. The van der Waals surface area contributed by atoms with E-state index in [1.165, 1.54) is 42.3 Å². The molecule has 0 aliphatic rings. The van der Waals surface area contributed by atoms with E-state index in [-0.39, 0.29) is 17.7 Å². The number of carbonyl (C=O) groups excluding carboxylic acids is 2. The number of thiazole rings is 1. The number of anilines is 1. The Bertz CT molecular complexity index is 989. The zero-order chi connectivity index (χ0) is 20.1. The number of nitrogens with zero attached hydrogens (tertiary/aromatic N) is 1. The summed E-state index contributed by atoms with van der Waals surface area (Å²) >= 11 is 2.54. The number of nitrogens with one attached hydrogen (secondary N) is 1. The molecule has 1 amide bonds. The summed E-state index contributed by atoms with van der Waals surface area (Å²) in [7, 11) is 1.33. The van der Waals surface area contributed by atoms with Crippen LogP contribution in [0.25, 0.3) is 11.3 Å². The number of ether oxygens (including phenoxy) is 1. The number of amides is 1. The number of carbonyl (C=O) groups is 2. The summed E-state index contributed by atoms with van der Waals surface area (Å²) < 4.78 is 17.8. The SMILES string of the molecule is COC(=O)C(C)Sc1ccccc1C(=O)Nc1nc(-c2ccc(F)cc2)cs1. The summed E-state index contributed by atoms with van der Waals surface area (Å²) in [6, 6.07) is 13.0. The van der Waals surface area contributed by atoms with Crippen LogP contribution in [0.1, 0.15) is 17.3 Å². The quantitative estimate of drug-likeness (QED) is 0.459. The van der Waals surface area contributed by atoms with Crippen LogP contribution < -0.4 is 5.32 Å². The average molecular weight is 416 g/mol. The molecule has 3 rings (SSSR count). The van der Waals surface area contributed by atoms with E-state index < -0.39 is 5.25 Å². The maximum Gasteiger partial charge on any atom is 0.318 e. The molecule has 0 spiro atoms. The van der Waals surface area contributed by atoms with Gasteiger partial charge in [0.15, 0.2) is 5.13 Å². The molecule has 0 saturated carbocycles. The molecule has 0 fully saturated rings. The van der Waals surface area contributed by atoms with Crippen molar-refractivity contribution in [1.82, 2.24) is 4.98 Å². The zero-order valence-electron chi connectivity index (χ0n) is 15.1. The van der Waals surface area contributed by atoms with Gasteiger partial charge in [0.05, 0.1) is 18.4 Å². The van der Waals surface area contributed by atoms with Gasteiger partial charge in [0.25, 0.3) is 5.91 Å². The van der Waals surface area contributed by atoms with E-state index >= 15 is 0 Å². The van der Waals surface area contributed by atoms with E-state index in [0.29, 0.717) is 21.3 Å². The third kappa shape index (κ3) is 4.76. The van der Waals surface area contributed by atoms with Crippen LogP contribution in [-0.4, -0.2) is 29.2 Å². The topological polar surface area (TPSA) is 68.3 Å². The van der Waals surface area contributed by atoms with E-state index in [0.717, 1.165) is 5.56 Å². The van der Waals surface area contributed by atoms with Crippen molar-refractivity contribution in [2.24, 2.45) is 0 Å². The minimum absolute atomic E-state index is 0.317. The maximum absolute atomic E-state index is 13.1. The van der Waals surface area contributed by atoms with E-state index in [9.17, 15) is 14.0 Å². The molecule has 0 radical (unpaired) electrons. The molecular formula is C20H17FN2O3S2. The number of hydrogen-bond acceptors (Lipinski definition) is 6. The molecule has 0 saturated heterocycles. The van der Waals surface area contributed by atoms with Crippen molar-refractivity contribution < 1.29 is 18.7 Å². The van der Waals surface area contributed by atoms with Crippen molar-refractivity contribution in [2.75, 3.05) is 12.4 Å². The van der Waals surface area contributed by atoms with Crippen LogP contribution in [0.15, 0.2) is 58.8 Å². The predicted molar refractivity (Wildman–Crippen MR) is 109 cm³/mol. The summed E-state index contributed by atoms with van der Waals surface area (Å²) in [5.74, 6) is -0.993. The van der Waals surface area contributed by atoms with Crippen molar-refractivity contribution in [3.63, 3.8) is 0 Å². The lowest BCUT2D eigenvalue weighted by Crippen LogP contribution is -2.17. The van der Waals surface area contributed by atoms with Crippen LogP contribution in [0.5, 0.6) is 0 Å². The molecule has 0 aliphatic heterocycles. The van der Waals surface area contributed by atoms with E-state index in [1.807, 2.05) is 0 Å². The number of benzene rings is 2. The van der Waals surface area contributed by atoms with E-state index in [4.69, 9.17) is 4.74 Å². The van der Waals surface area contributed by atoms with Crippen molar-refractivity contribution in [3.8, 4) is 11.3 Å². The Morgan fingerprint density at radius 1 is 1.18 bits per heavy atom. The summed E-state index contributed by atoms with van der Waals surface area (Å²) in [6.45, 7) is 1.72. The second-order valence-corrected chi connectivity index (χ2v) is 8.02. The first-order chi connectivity index (χ1) is 13.5. The van der Waals surface area contributed by atoms with Crippen LogP contribution in [0, 0.1) is 5.82 Å². The summed E-state index contributed by atoms with van der Waals surface area (Å²) in [5, 5.41) is 4.57. The minimum atomic E-state index is -0.441. The Kier molecular flexibility index (Phi) is 6.43. The van der Waals surface area contributed by atoms with Gasteiger partial charge >= 0.3 is 5.97 Å². The molecule has 3 aromatic rings.